The number of halogens is 4. The van der Waals surface area contributed by atoms with Gasteiger partial charge in [-0.25, -0.2) is 17.6 Å². The van der Waals surface area contributed by atoms with E-state index in [0.29, 0.717) is 56.0 Å². The van der Waals surface area contributed by atoms with Gasteiger partial charge in [0.15, 0.2) is 0 Å². The van der Waals surface area contributed by atoms with E-state index in [-0.39, 0.29) is 42.1 Å². The largest absolute Gasteiger partial charge is 0.481 e. The topological polar surface area (TPSA) is 151 Å². The summed E-state index contributed by atoms with van der Waals surface area (Å²) in [6, 6.07) is 9.64. The number of carboxylic acids is 3. The van der Waals surface area contributed by atoms with E-state index in [1.54, 1.807) is 39.1 Å². The van der Waals surface area contributed by atoms with Crippen LogP contribution in [0.25, 0.3) is 0 Å². The van der Waals surface area contributed by atoms with Gasteiger partial charge in [0, 0.05) is 56.6 Å². The number of anilines is 2. The van der Waals surface area contributed by atoms with Crippen LogP contribution < -0.4 is 9.80 Å². The van der Waals surface area contributed by atoms with Crippen LogP contribution in [-0.2, 0) is 19.2 Å². The molecule has 0 radical (unpaired) electrons. The molecule has 3 N–H and O–H groups in total. The molecule has 3 aliphatic rings. The predicted molar refractivity (Wildman–Crippen MR) is 228 cm³/mol. The van der Waals surface area contributed by atoms with Crippen LogP contribution in [0.1, 0.15) is 96.6 Å². The number of rotatable bonds is 13. The van der Waals surface area contributed by atoms with Gasteiger partial charge in [0.25, 0.3) is 0 Å². The van der Waals surface area contributed by atoms with Gasteiger partial charge in [0.2, 0.25) is 5.91 Å². The number of carboxylic acid groups (broad SMARTS) is 3. The van der Waals surface area contributed by atoms with E-state index in [9.17, 15) is 41.8 Å². The Bertz CT molecular complexity index is 1790. The quantitative estimate of drug-likeness (QED) is 0.0880. The number of aliphatic imine (C=N–C) groups is 1. The summed E-state index contributed by atoms with van der Waals surface area (Å²) >= 11 is 4.73. The minimum absolute atomic E-state index is 0.0124. The Balaban J connectivity index is 0.000000270. The molecule has 3 aliphatic heterocycles. The van der Waals surface area contributed by atoms with E-state index >= 15 is 0 Å². The SMILES string of the molecule is CC(C)(C)CCN1C(=O)[C@H](CC(=O)O)SC1c1cccc(F)c1N1CC[C@H](F)C1.CC(C)(C)CCN=Cc1cccc(F)c1N1CC[C@@H](F)C1.O=C(O)CC(S)C(=O)O. The van der Waals surface area contributed by atoms with Crippen molar-refractivity contribution in [3.8, 4) is 0 Å². The van der Waals surface area contributed by atoms with Crippen molar-refractivity contribution in [3.05, 3.63) is 59.2 Å². The number of carbonyl (C=O) groups is 4. The van der Waals surface area contributed by atoms with Gasteiger partial charge in [0.05, 0.1) is 29.5 Å². The van der Waals surface area contributed by atoms with E-state index in [2.05, 4.69) is 59.2 Å². The number of para-hydroxylation sites is 2. The lowest BCUT2D eigenvalue weighted by Gasteiger charge is -2.31. The van der Waals surface area contributed by atoms with Crippen LogP contribution in [0.5, 0.6) is 0 Å². The molecule has 11 nitrogen and oxygen atoms in total. The van der Waals surface area contributed by atoms with Gasteiger partial charge in [0.1, 0.15) is 34.6 Å². The molecule has 17 heteroatoms. The molecule has 3 saturated heterocycles. The van der Waals surface area contributed by atoms with Crippen molar-refractivity contribution >= 4 is 65.8 Å². The third-order valence-corrected chi connectivity index (χ3v) is 11.5. The summed E-state index contributed by atoms with van der Waals surface area (Å²) in [4.78, 5) is 53.5. The number of nitrogens with zero attached hydrogens (tertiary/aromatic N) is 4. The summed E-state index contributed by atoms with van der Waals surface area (Å²) in [5.41, 5.74) is 2.38. The van der Waals surface area contributed by atoms with Gasteiger partial charge in [-0.2, -0.15) is 12.6 Å². The van der Waals surface area contributed by atoms with Crippen molar-refractivity contribution in [2.75, 3.05) is 49.1 Å². The van der Waals surface area contributed by atoms with Crippen molar-refractivity contribution in [2.45, 2.75) is 108 Å². The number of aliphatic carboxylic acids is 3. The Morgan fingerprint density at radius 3 is 1.88 bits per heavy atom. The number of hydrogen-bond acceptors (Lipinski definition) is 9. The van der Waals surface area contributed by atoms with Crippen molar-refractivity contribution in [2.24, 2.45) is 15.8 Å². The molecule has 5 atom stereocenters. The summed E-state index contributed by atoms with van der Waals surface area (Å²) < 4.78 is 56.1. The van der Waals surface area contributed by atoms with E-state index in [1.165, 1.54) is 23.9 Å². The fraction of sp³-hybridized carbons (Fsp3) is 0.595. The fourth-order valence-corrected chi connectivity index (χ4v) is 8.15. The normalized spacial score (nSPS) is 21.3. The van der Waals surface area contributed by atoms with Gasteiger partial charge in [-0.1, -0.05) is 65.8 Å². The van der Waals surface area contributed by atoms with Crippen molar-refractivity contribution < 1.29 is 52.1 Å². The smallest absolute Gasteiger partial charge is 0.316 e. The lowest BCUT2D eigenvalue weighted by Crippen LogP contribution is -2.35. The molecule has 0 saturated carbocycles. The second-order valence-electron chi connectivity index (χ2n) is 17.2. The van der Waals surface area contributed by atoms with Crippen LogP contribution in [0.3, 0.4) is 0 Å². The Labute approximate surface area is 354 Å². The maximum Gasteiger partial charge on any atom is 0.316 e. The first-order valence-corrected chi connectivity index (χ1v) is 21.1. The maximum atomic E-state index is 14.8. The van der Waals surface area contributed by atoms with Crippen LogP contribution in [0.2, 0.25) is 0 Å². The van der Waals surface area contributed by atoms with Crippen molar-refractivity contribution in [1.29, 1.82) is 0 Å². The Morgan fingerprint density at radius 2 is 1.41 bits per heavy atom. The summed E-state index contributed by atoms with van der Waals surface area (Å²) in [5, 5.41) is 23.0. The van der Waals surface area contributed by atoms with Crippen LogP contribution in [-0.4, -0.2) is 112 Å². The van der Waals surface area contributed by atoms with E-state index < -0.39 is 58.4 Å². The second kappa shape index (κ2) is 22.0. The van der Waals surface area contributed by atoms with Crippen molar-refractivity contribution in [1.82, 2.24) is 4.90 Å². The summed E-state index contributed by atoms with van der Waals surface area (Å²) in [7, 11) is 0. The Kier molecular flexibility index (Phi) is 18.4. The average Bonchev–Trinajstić information content (AvgIpc) is 3.83. The number of benzene rings is 2. The monoisotopic (exact) mass is 870 g/mol. The molecule has 2 unspecified atom stereocenters. The van der Waals surface area contributed by atoms with Gasteiger partial charge < -0.3 is 30.0 Å². The molecule has 5 rings (SSSR count). The third-order valence-electron chi connectivity index (χ3n) is 9.67. The second-order valence-corrected chi connectivity index (χ2v) is 19.1. The summed E-state index contributed by atoms with van der Waals surface area (Å²) in [5.74, 6) is -4.37. The highest BCUT2D eigenvalue weighted by molar-refractivity contribution is 8.01. The average molecular weight is 871 g/mol. The Morgan fingerprint density at radius 1 is 0.864 bits per heavy atom. The minimum Gasteiger partial charge on any atom is -0.481 e. The molecule has 0 spiro atoms. The van der Waals surface area contributed by atoms with Gasteiger partial charge in [-0.3, -0.25) is 24.2 Å². The number of carbonyl (C=O) groups excluding carboxylic acids is 1. The van der Waals surface area contributed by atoms with Gasteiger partial charge >= 0.3 is 17.9 Å². The number of alkyl halides is 2. The highest BCUT2D eigenvalue weighted by Gasteiger charge is 2.44. The molecular weight excluding hydrogens is 813 g/mol. The first-order valence-electron chi connectivity index (χ1n) is 19.6. The lowest BCUT2D eigenvalue weighted by molar-refractivity contribution is -0.142. The molecule has 2 aromatic carbocycles. The van der Waals surface area contributed by atoms with E-state index in [0.717, 1.165) is 18.4 Å². The summed E-state index contributed by atoms with van der Waals surface area (Å²) in [6.07, 6.45) is 1.66. The molecule has 2 aromatic rings. The standard InChI is InChI=1S/C21H28F2N2O3S.C17H24F2N2.C4H6O4S/c1-21(2,3)8-10-25-19(28)16(11-17(26)27)29-20(25)14-5-4-6-15(23)18(14)24-9-7-13(22)12-24;1-17(2,3)8-9-20-11-13-5-4-6-15(19)16(13)21-10-7-14(18)12-21;5-3(6)1-2(9)4(7)8/h4-6,13,16,20H,7-12H2,1-3H3,(H,26,27);4-6,11,14H,7-10,12H2,1-3H3;2,9H,1H2,(H,5,6)(H,7,8)/t13-,16-,20?;14-;/m01./s1. The molecule has 0 aromatic heterocycles. The molecule has 0 bridgehead atoms. The number of thiol groups is 1. The molecule has 328 valence electrons. The molecule has 3 heterocycles. The lowest BCUT2D eigenvalue weighted by atomic mass is 9.92. The molecule has 59 heavy (non-hydrogen) atoms. The van der Waals surface area contributed by atoms with Crippen molar-refractivity contribution in [3.63, 3.8) is 0 Å². The zero-order valence-electron chi connectivity index (χ0n) is 34.5. The number of hydrogen-bond donors (Lipinski definition) is 4. The van der Waals surface area contributed by atoms with E-state index in [1.807, 2.05) is 6.07 Å². The highest BCUT2D eigenvalue weighted by Crippen LogP contribution is 2.48. The predicted octanol–water partition coefficient (Wildman–Crippen LogP) is 8.30. The fourth-order valence-electron chi connectivity index (χ4n) is 6.50. The molecule has 3 fully saturated rings. The van der Waals surface area contributed by atoms with Gasteiger partial charge in [-0.05, 0) is 48.6 Å². The van der Waals surface area contributed by atoms with Crippen LogP contribution in [0.4, 0.5) is 28.9 Å². The Hall–Kier alpha value is -3.99. The first kappa shape index (κ1) is 49.4. The maximum absolute atomic E-state index is 14.8. The van der Waals surface area contributed by atoms with Crippen LogP contribution in [0, 0.1) is 22.5 Å². The van der Waals surface area contributed by atoms with Gasteiger partial charge in [-0.15, -0.1) is 11.8 Å². The molecular formula is C42H58F4N4O7S2. The first-order chi connectivity index (χ1) is 27.5. The minimum atomic E-state index is -1.21. The zero-order valence-corrected chi connectivity index (χ0v) is 36.3. The van der Waals surface area contributed by atoms with Crippen LogP contribution in [0.15, 0.2) is 41.4 Å². The number of amides is 1. The molecule has 1 amide bonds. The molecule has 0 aliphatic carbocycles. The highest BCUT2D eigenvalue weighted by atomic mass is 32.2. The zero-order chi connectivity index (χ0) is 44.2. The number of thioether (sulfide) groups is 1. The van der Waals surface area contributed by atoms with Crippen LogP contribution >= 0.6 is 24.4 Å². The third kappa shape index (κ3) is 15.8. The summed E-state index contributed by atoms with van der Waals surface area (Å²) in [6.45, 7) is 15.3. The van der Waals surface area contributed by atoms with E-state index in [4.69, 9.17) is 10.2 Å².